The lowest BCUT2D eigenvalue weighted by atomic mass is 10.2. The van der Waals surface area contributed by atoms with E-state index in [1.807, 2.05) is 54.6 Å². The molecule has 0 fully saturated rings. The van der Waals surface area contributed by atoms with E-state index in [0.29, 0.717) is 5.82 Å². The molecular weight excluding hydrogens is 346 g/mol. The number of nitrogens with zero attached hydrogens (tertiary/aromatic N) is 5. The van der Waals surface area contributed by atoms with E-state index < -0.39 is 0 Å². The Morgan fingerprint density at radius 3 is 2.81 bits per heavy atom. The Kier molecular flexibility index (Phi) is 3.39. The van der Waals surface area contributed by atoms with Crippen LogP contribution in [0.5, 0.6) is 5.75 Å². The van der Waals surface area contributed by atoms with Crippen LogP contribution >= 0.6 is 11.3 Å². The van der Waals surface area contributed by atoms with E-state index in [-0.39, 0.29) is 0 Å². The Hall–Kier alpha value is -3.32. The molecule has 0 amide bonds. The van der Waals surface area contributed by atoms with Gasteiger partial charge in [-0.3, -0.25) is 0 Å². The van der Waals surface area contributed by atoms with Crippen molar-refractivity contribution in [2.45, 2.75) is 0 Å². The summed E-state index contributed by atoms with van der Waals surface area (Å²) in [6, 6.07) is 19.8. The SMILES string of the molecule is COc1cccc(-c2nnc3sc(-c4ccc5ccccc5n4)nn23)c1. The lowest BCUT2D eigenvalue weighted by Gasteiger charge is -2.01. The first kappa shape index (κ1) is 15.0. The van der Waals surface area contributed by atoms with Crippen LogP contribution in [0.25, 0.3) is 38.0 Å². The quantitative estimate of drug-likeness (QED) is 0.486. The molecule has 0 aliphatic heterocycles. The molecule has 126 valence electrons. The van der Waals surface area contributed by atoms with Gasteiger partial charge in [-0.2, -0.15) is 9.61 Å². The van der Waals surface area contributed by atoms with Gasteiger partial charge in [-0.1, -0.05) is 47.7 Å². The molecule has 3 heterocycles. The van der Waals surface area contributed by atoms with Crippen molar-refractivity contribution < 1.29 is 4.74 Å². The summed E-state index contributed by atoms with van der Waals surface area (Å²) in [5, 5.41) is 15.1. The number of aromatic nitrogens is 5. The van der Waals surface area contributed by atoms with Gasteiger partial charge in [-0.25, -0.2) is 4.98 Å². The highest BCUT2D eigenvalue weighted by Gasteiger charge is 2.15. The molecule has 0 bridgehead atoms. The van der Waals surface area contributed by atoms with E-state index in [9.17, 15) is 0 Å². The smallest absolute Gasteiger partial charge is 0.235 e. The second-order valence-corrected chi connectivity index (χ2v) is 6.70. The van der Waals surface area contributed by atoms with Crippen molar-refractivity contribution >= 4 is 27.2 Å². The molecule has 0 aliphatic rings. The zero-order valence-corrected chi connectivity index (χ0v) is 14.6. The van der Waals surface area contributed by atoms with E-state index in [4.69, 9.17) is 9.72 Å². The van der Waals surface area contributed by atoms with E-state index in [1.54, 1.807) is 11.6 Å². The molecule has 26 heavy (non-hydrogen) atoms. The van der Waals surface area contributed by atoms with Crippen LogP contribution in [0.1, 0.15) is 0 Å². The highest BCUT2D eigenvalue weighted by atomic mass is 32.1. The Bertz CT molecular complexity index is 1240. The number of methoxy groups -OCH3 is 1. The van der Waals surface area contributed by atoms with Crippen molar-refractivity contribution in [1.82, 2.24) is 24.8 Å². The normalized spacial score (nSPS) is 11.3. The summed E-state index contributed by atoms with van der Waals surface area (Å²) >= 11 is 1.47. The lowest BCUT2D eigenvalue weighted by Crippen LogP contribution is -1.92. The first-order valence-electron chi connectivity index (χ1n) is 8.05. The Labute approximate surface area is 152 Å². The molecule has 5 aromatic rings. The summed E-state index contributed by atoms with van der Waals surface area (Å²) in [5.74, 6) is 1.45. The summed E-state index contributed by atoms with van der Waals surface area (Å²) in [6.07, 6.45) is 0. The van der Waals surface area contributed by atoms with Gasteiger partial charge in [0.25, 0.3) is 0 Å². The van der Waals surface area contributed by atoms with Gasteiger partial charge >= 0.3 is 0 Å². The maximum Gasteiger partial charge on any atom is 0.235 e. The number of para-hydroxylation sites is 1. The van der Waals surface area contributed by atoms with E-state index >= 15 is 0 Å². The number of benzene rings is 2. The van der Waals surface area contributed by atoms with Crippen LogP contribution in [0.15, 0.2) is 60.7 Å². The molecule has 3 aromatic heterocycles. The number of fused-ring (bicyclic) bond motifs is 2. The third kappa shape index (κ3) is 2.41. The molecule has 0 radical (unpaired) electrons. The first-order chi connectivity index (χ1) is 12.8. The highest BCUT2D eigenvalue weighted by molar-refractivity contribution is 7.19. The Morgan fingerprint density at radius 2 is 1.88 bits per heavy atom. The van der Waals surface area contributed by atoms with Gasteiger partial charge in [0.2, 0.25) is 4.96 Å². The summed E-state index contributed by atoms with van der Waals surface area (Å²) < 4.78 is 7.05. The van der Waals surface area contributed by atoms with Crippen LogP contribution in [0.2, 0.25) is 0 Å². The minimum atomic E-state index is 0.683. The summed E-state index contributed by atoms with van der Waals surface area (Å²) in [5.41, 5.74) is 2.68. The summed E-state index contributed by atoms with van der Waals surface area (Å²) in [7, 11) is 1.64. The summed E-state index contributed by atoms with van der Waals surface area (Å²) in [4.78, 5) is 5.45. The number of ether oxygens (including phenoxy) is 1. The molecule has 0 spiro atoms. The molecule has 0 unspecified atom stereocenters. The predicted octanol–water partition coefficient (Wildman–Crippen LogP) is 4.08. The number of hydrogen-bond acceptors (Lipinski definition) is 6. The average Bonchev–Trinajstić information content (AvgIpc) is 3.28. The van der Waals surface area contributed by atoms with Crippen molar-refractivity contribution in [3.05, 3.63) is 60.7 Å². The largest absolute Gasteiger partial charge is 0.497 e. The predicted molar refractivity (Wildman–Crippen MR) is 101 cm³/mol. The number of pyridine rings is 1. The maximum atomic E-state index is 5.30. The molecule has 6 nitrogen and oxygen atoms in total. The number of rotatable bonds is 3. The van der Waals surface area contributed by atoms with Crippen LogP contribution in [0.3, 0.4) is 0 Å². The minimum absolute atomic E-state index is 0.683. The zero-order valence-electron chi connectivity index (χ0n) is 13.8. The second-order valence-electron chi connectivity index (χ2n) is 5.75. The third-order valence-corrected chi connectivity index (χ3v) is 5.06. The second kappa shape index (κ2) is 5.89. The van der Waals surface area contributed by atoms with E-state index in [0.717, 1.165) is 37.9 Å². The van der Waals surface area contributed by atoms with Gasteiger partial charge in [0, 0.05) is 10.9 Å². The fraction of sp³-hybridized carbons (Fsp3) is 0.0526. The van der Waals surface area contributed by atoms with Crippen molar-refractivity contribution in [2.75, 3.05) is 7.11 Å². The minimum Gasteiger partial charge on any atom is -0.497 e. The van der Waals surface area contributed by atoms with Gasteiger partial charge in [0.1, 0.15) is 11.4 Å². The van der Waals surface area contributed by atoms with Crippen molar-refractivity contribution in [2.24, 2.45) is 0 Å². The topological polar surface area (TPSA) is 65.2 Å². The van der Waals surface area contributed by atoms with Gasteiger partial charge in [0.05, 0.1) is 12.6 Å². The van der Waals surface area contributed by atoms with Crippen LogP contribution in [0, 0.1) is 0 Å². The fourth-order valence-corrected chi connectivity index (χ4v) is 3.66. The Morgan fingerprint density at radius 1 is 0.962 bits per heavy atom. The van der Waals surface area contributed by atoms with E-state index in [2.05, 4.69) is 21.4 Å². The molecule has 2 aromatic carbocycles. The molecule has 0 saturated heterocycles. The van der Waals surface area contributed by atoms with Gasteiger partial charge in [-0.05, 0) is 24.3 Å². The molecule has 0 atom stereocenters. The van der Waals surface area contributed by atoms with Crippen molar-refractivity contribution in [3.63, 3.8) is 0 Å². The van der Waals surface area contributed by atoms with Crippen molar-refractivity contribution in [3.8, 4) is 27.8 Å². The van der Waals surface area contributed by atoms with Gasteiger partial charge < -0.3 is 4.74 Å². The fourth-order valence-electron chi connectivity index (χ4n) is 2.85. The molecule has 0 aliphatic carbocycles. The zero-order chi connectivity index (χ0) is 17.5. The van der Waals surface area contributed by atoms with Gasteiger partial charge in [-0.15, -0.1) is 10.2 Å². The monoisotopic (exact) mass is 359 g/mol. The molecule has 5 rings (SSSR count). The highest BCUT2D eigenvalue weighted by Crippen LogP contribution is 2.29. The van der Waals surface area contributed by atoms with Crippen molar-refractivity contribution in [1.29, 1.82) is 0 Å². The molecule has 0 N–H and O–H groups in total. The van der Waals surface area contributed by atoms with Crippen LogP contribution in [-0.4, -0.2) is 31.9 Å². The van der Waals surface area contributed by atoms with E-state index in [1.165, 1.54) is 11.3 Å². The first-order valence-corrected chi connectivity index (χ1v) is 8.86. The van der Waals surface area contributed by atoms with Crippen LogP contribution < -0.4 is 4.74 Å². The molecular formula is C19H13N5OS. The maximum absolute atomic E-state index is 5.30. The average molecular weight is 359 g/mol. The van der Waals surface area contributed by atoms with Crippen LogP contribution in [0.4, 0.5) is 0 Å². The Balaban J connectivity index is 1.63. The molecule has 0 saturated carbocycles. The van der Waals surface area contributed by atoms with Crippen LogP contribution in [-0.2, 0) is 0 Å². The summed E-state index contributed by atoms with van der Waals surface area (Å²) in [6.45, 7) is 0. The number of hydrogen-bond donors (Lipinski definition) is 0. The van der Waals surface area contributed by atoms with Gasteiger partial charge in [0.15, 0.2) is 10.8 Å². The third-order valence-electron chi connectivity index (χ3n) is 4.14. The standard InChI is InChI=1S/C19H13N5OS/c1-25-14-7-4-6-13(11-14)17-21-22-19-24(17)23-18(26-19)16-10-9-12-5-2-3-8-15(12)20-16/h2-11H,1H3. The molecule has 7 heteroatoms. The lowest BCUT2D eigenvalue weighted by molar-refractivity contribution is 0.415.